The van der Waals surface area contributed by atoms with E-state index in [2.05, 4.69) is 5.32 Å². The van der Waals surface area contributed by atoms with Gasteiger partial charge in [-0.15, -0.1) is 0 Å². The summed E-state index contributed by atoms with van der Waals surface area (Å²) in [5.41, 5.74) is 0.330. The van der Waals surface area contributed by atoms with E-state index in [1.54, 1.807) is 18.2 Å². The third-order valence-electron chi connectivity index (χ3n) is 3.65. The van der Waals surface area contributed by atoms with Crippen molar-refractivity contribution in [3.8, 4) is 23.3 Å². The third kappa shape index (κ3) is 3.59. The first-order valence-corrected chi connectivity index (χ1v) is 7.77. The van der Waals surface area contributed by atoms with Crippen molar-refractivity contribution in [2.24, 2.45) is 0 Å². The molecule has 0 fully saturated rings. The Labute approximate surface area is 149 Å². The van der Waals surface area contributed by atoms with Gasteiger partial charge in [0.2, 0.25) is 5.75 Å². The molecule has 1 aliphatic heterocycles. The number of methoxy groups -OCH3 is 1. The summed E-state index contributed by atoms with van der Waals surface area (Å²) in [5.74, 6) is 0.0738. The molecule has 0 aliphatic carbocycles. The van der Waals surface area contributed by atoms with Crippen LogP contribution in [-0.4, -0.2) is 26.2 Å². The summed E-state index contributed by atoms with van der Waals surface area (Å²) in [6.07, 6.45) is 1.37. The largest absolute Gasteiger partial charge is 0.493 e. The molecule has 1 N–H and O–H groups in total. The number of para-hydroxylation sites is 1. The fourth-order valence-electron chi connectivity index (χ4n) is 2.44. The molecule has 0 bridgehead atoms. The van der Waals surface area contributed by atoms with E-state index in [1.807, 2.05) is 6.07 Å². The first-order chi connectivity index (χ1) is 12.6. The quantitative estimate of drug-likeness (QED) is 0.674. The number of nitriles is 1. The molecule has 0 atom stereocenters. The SMILES string of the molecule is COc1cc(/C=C(\C#N)C(=O)Nc2ccccc2F)cc2c1OCCO2. The topological polar surface area (TPSA) is 80.6 Å². The molecule has 3 rings (SSSR count). The maximum absolute atomic E-state index is 13.7. The molecule has 0 unspecified atom stereocenters. The molecule has 7 heteroatoms. The number of hydrogen-bond donors (Lipinski definition) is 1. The van der Waals surface area contributed by atoms with Crippen LogP contribution in [0.4, 0.5) is 10.1 Å². The van der Waals surface area contributed by atoms with Crippen molar-refractivity contribution in [2.45, 2.75) is 0 Å². The number of halogens is 1. The number of ether oxygens (including phenoxy) is 3. The van der Waals surface area contributed by atoms with Gasteiger partial charge >= 0.3 is 0 Å². The smallest absolute Gasteiger partial charge is 0.266 e. The predicted molar refractivity (Wildman–Crippen MR) is 92.6 cm³/mol. The molecule has 1 amide bonds. The monoisotopic (exact) mass is 354 g/mol. The number of nitrogens with one attached hydrogen (secondary N) is 1. The Balaban J connectivity index is 1.90. The zero-order valence-electron chi connectivity index (χ0n) is 13.9. The molecule has 2 aromatic carbocycles. The minimum atomic E-state index is -0.716. The number of carbonyl (C=O) groups is 1. The van der Waals surface area contributed by atoms with Gasteiger partial charge in [0.15, 0.2) is 11.5 Å². The molecule has 0 saturated heterocycles. The zero-order chi connectivity index (χ0) is 18.5. The molecule has 1 heterocycles. The Bertz CT molecular complexity index is 901. The van der Waals surface area contributed by atoms with Crippen LogP contribution >= 0.6 is 0 Å². The summed E-state index contributed by atoms with van der Waals surface area (Å²) in [4.78, 5) is 12.3. The van der Waals surface area contributed by atoms with Crippen molar-refractivity contribution >= 4 is 17.7 Å². The Hall–Kier alpha value is -3.53. The van der Waals surface area contributed by atoms with E-state index in [9.17, 15) is 14.4 Å². The van der Waals surface area contributed by atoms with E-state index >= 15 is 0 Å². The van der Waals surface area contributed by atoms with E-state index in [-0.39, 0.29) is 11.3 Å². The molecule has 0 saturated carbocycles. The van der Waals surface area contributed by atoms with Crippen molar-refractivity contribution in [2.75, 3.05) is 25.6 Å². The average molecular weight is 354 g/mol. The summed E-state index contributed by atoms with van der Waals surface area (Å²) in [6, 6.07) is 10.8. The van der Waals surface area contributed by atoms with E-state index in [0.29, 0.717) is 36.0 Å². The molecule has 1 aliphatic rings. The van der Waals surface area contributed by atoms with Crippen LogP contribution in [0.1, 0.15) is 5.56 Å². The lowest BCUT2D eigenvalue weighted by atomic mass is 10.1. The Morgan fingerprint density at radius 2 is 2.08 bits per heavy atom. The van der Waals surface area contributed by atoms with Crippen LogP contribution in [0.3, 0.4) is 0 Å². The number of fused-ring (bicyclic) bond motifs is 1. The number of anilines is 1. The summed E-state index contributed by atoms with van der Waals surface area (Å²) < 4.78 is 30.0. The summed E-state index contributed by atoms with van der Waals surface area (Å²) in [5, 5.41) is 11.7. The van der Waals surface area contributed by atoms with Gasteiger partial charge in [-0.1, -0.05) is 12.1 Å². The normalized spacial score (nSPS) is 12.9. The van der Waals surface area contributed by atoms with Crippen molar-refractivity contribution in [3.05, 3.63) is 53.4 Å². The highest BCUT2D eigenvalue weighted by Crippen LogP contribution is 2.40. The molecule has 0 aromatic heterocycles. The number of hydrogen-bond acceptors (Lipinski definition) is 5. The van der Waals surface area contributed by atoms with Crippen LogP contribution in [0.5, 0.6) is 17.2 Å². The van der Waals surface area contributed by atoms with Crippen molar-refractivity contribution < 1.29 is 23.4 Å². The highest BCUT2D eigenvalue weighted by Gasteiger charge is 2.19. The minimum Gasteiger partial charge on any atom is -0.493 e. The summed E-state index contributed by atoms with van der Waals surface area (Å²) in [6.45, 7) is 0.801. The molecule has 0 radical (unpaired) electrons. The first kappa shape index (κ1) is 17.3. The number of rotatable bonds is 4. The van der Waals surface area contributed by atoms with Gasteiger partial charge in [0.05, 0.1) is 12.8 Å². The summed E-state index contributed by atoms with van der Waals surface area (Å²) >= 11 is 0. The highest BCUT2D eigenvalue weighted by molar-refractivity contribution is 6.09. The van der Waals surface area contributed by atoms with E-state index in [4.69, 9.17) is 14.2 Å². The second kappa shape index (κ2) is 7.57. The predicted octanol–water partition coefficient (Wildman–Crippen LogP) is 3.15. The van der Waals surface area contributed by atoms with Crippen LogP contribution in [0.25, 0.3) is 6.08 Å². The van der Waals surface area contributed by atoms with E-state index in [1.165, 1.54) is 31.4 Å². The van der Waals surface area contributed by atoms with Crippen molar-refractivity contribution in [3.63, 3.8) is 0 Å². The lowest BCUT2D eigenvalue weighted by Gasteiger charge is -2.21. The molecule has 0 spiro atoms. The van der Waals surface area contributed by atoms with Gasteiger partial charge in [-0.3, -0.25) is 4.79 Å². The zero-order valence-corrected chi connectivity index (χ0v) is 13.9. The van der Waals surface area contributed by atoms with Crippen molar-refractivity contribution in [1.29, 1.82) is 5.26 Å². The molecular formula is C19H15FN2O4. The maximum atomic E-state index is 13.7. The highest BCUT2D eigenvalue weighted by atomic mass is 19.1. The van der Waals surface area contributed by atoms with Gasteiger partial charge in [0.1, 0.15) is 30.7 Å². The van der Waals surface area contributed by atoms with Gasteiger partial charge in [-0.2, -0.15) is 5.26 Å². The fraction of sp³-hybridized carbons (Fsp3) is 0.158. The van der Waals surface area contributed by atoms with Gasteiger partial charge in [0.25, 0.3) is 5.91 Å². The fourth-order valence-corrected chi connectivity index (χ4v) is 2.44. The van der Waals surface area contributed by atoms with Crippen LogP contribution < -0.4 is 19.5 Å². The van der Waals surface area contributed by atoms with E-state index < -0.39 is 11.7 Å². The third-order valence-corrected chi connectivity index (χ3v) is 3.65. The van der Waals surface area contributed by atoms with Crippen LogP contribution in [-0.2, 0) is 4.79 Å². The summed E-state index contributed by atoms with van der Waals surface area (Å²) in [7, 11) is 1.48. The number of amides is 1. The van der Waals surface area contributed by atoms with Crippen LogP contribution in [0.15, 0.2) is 42.0 Å². The number of benzene rings is 2. The first-order valence-electron chi connectivity index (χ1n) is 7.77. The van der Waals surface area contributed by atoms with Gasteiger partial charge in [-0.25, -0.2) is 4.39 Å². The van der Waals surface area contributed by atoms with Gasteiger partial charge < -0.3 is 19.5 Å². The molecule has 6 nitrogen and oxygen atoms in total. The number of carbonyl (C=O) groups excluding carboxylic acids is 1. The van der Waals surface area contributed by atoms with Gasteiger partial charge in [-0.05, 0) is 35.9 Å². The van der Waals surface area contributed by atoms with Crippen LogP contribution in [0, 0.1) is 17.1 Å². The average Bonchev–Trinajstić information content (AvgIpc) is 2.67. The Morgan fingerprint density at radius 1 is 1.31 bits per heavy atom. The maximum Gasteiger partial charge on any atom is 0.266 e. The standard InChI is InChI=1S/C19H15FN2O4/c1-24-16-9-12(10-17-18(16)26-7-6-25-17)8-13(11-21)19(23)22-15-5-3-2-4-14(15)20/h2-5,8-10H,6-7H2,1H3,(H,22,23)/b13-8+. The van der Waals surface area contributed by atoms with E-state index in [0.717, 1.165) is 0 Å². The molecule has 132 valence electrons. The Morgan fingerprint density at radius 3 is 2.81 bits per heavy atom. The Kier molecular flexibility index (Phi) is 5.04. The van der Waals surface area contributed by atoms with Crippen molar-refractivity contribution in [1.82, 2.24) is 0 Å². The lowest BCUT2D eigenvalue weighted by molar-refractivity contribution is -0.112. The second-order valence-corrected chi connectivity index (χ2v) is 5.35. The van der Waals surface area contributed by atoms with Crippen LogP contribution in [0.2, 0.25) is 0 Å². The number of nitrogens with zero attached hydrogens (tertiary/aromatic N) is 1. The molecular weight excluding hydrogens is 339 g/mol. The second-order valence-electron chi connectivity index (χ2n) is 5.35. The van der Waals surface area contributed by atoms with Gasteiger partial charge in [0, 0.05) is 0 Å². The molecule has 2 aromatic rings. The molecule has 26 heavy (non-hydrogen) atoms. The lowest BCUT2D eigenvalue weighted by Crippen LogP contribution is -2.16. The minimum absolute atomic E-state index is 0.00148.